The number of hydrogen-bond donors (Lipinski definition) is 1. The van der Waals surface area contributed by atoms with Gasteiger partial charge in [-0.25, -0.2) is 0 Å². The minimum Gasteiger partial charge on any atom is -0.309 e. The molecule has 0 radical (unpaired) electrons. The molecule has 0 heterocycles. The predicted octanol–water partition coefficient (Wildman–Crippen LogP) is 3.20. The van der Waals surface area contributed by atoms with Crippen molar-refractivity contribution >= 4 is 0 Å². The highest BCUT2D eigenvalue weighted by molar-refractivity contribution is 5.18. The third-order valence-electron chi connectivity index (χ3n) is 4.21. The molecule has 17 heavy (non-hydrogen) atoms. The number of hydrogen-bond acceptors (Lipinski definition) is 2. The van der Waals surface area contributed by atoms with E-state index in [1.807, 2.05) is 0 Å². The molecule has 1 N–H and O–H groups in total. The van der Waals surface area contributed by atoms with Gasteiger partial charge in [-0.15, -0.1) is 0 Å². The molecule has 0 spiro atoms. The average Bonchev–Trinajstić information content (AvgIpc) is 2.53. The summed E-state index contributed by atoms with van der Waals surface area (Å²) in [7, 11) is 4.36. The molecule has 100 valence electrons. The molecule has 0 aromatic heterocycles. The Hall–Kier alpha value is -0.340. The Kier molecular flexibility index (Phi) is 5.68. The first-order valence-corrected chi connectivity index (χ1v) is 7.10. The fourth-order valence-corrected chi connectivity index (χ4v) is 2.60. The Labute approximate surface area is 107 Å². The second-order valence-electron chi connectivity index (χ2n) is 5.92. The molecule has 0 bridgehead atoms. The number of allylic oxidation sites excluding steroid dienone is 1. The zero-order chi connectivity index (χ0) is 12.9. The highest BCUT2D eigenvalue weighted by Crippen LogP contribution is 2.28. The molecule has 2 heteroatoms. The van der Waals surface area contributed by atoms with E-state index in [9.17, 15) is 0 Å². The van der Waals surface area contributed by atoms with E-state index < -0.39 is 0 Å². The van der Waals surface area contributed by atoms with Crippen molar-refractivity contribution in [3.8, 4) is 0 Å². The first-order valence-electron chi connectivity index (χ1n) is 7.10. The van der Waals surface area contributed by atoms with Gasteiger partial charge in [-0.2, -0.15) is 0 Å². The van der Waals surface area contributed by atoms with Crippen LogP contribution in [0.2, 0.25) is 0 Å². The minimum absolute atomic E-state index is 0.173. The van der Waals surface area contributed by atoms with Crippen LogP contribution >= 0.6 is 0 Å². The van der Waals surface area contributed by atoms with Crippen molar-refractivity contribution in [1.82, 2.24) is 10.2 Å². The topological polar surface area (TPSA) is 15.3 Å². The van der Waals surface area contributed by atoms with Crippen molar-refractivity contribution in [2.24, 2.45) is 0 Å². The quantitative estimate of drug-likeness (QED) is 0.740. The lowest BCUT2D eigenvalue weighted by Crippen LogP contribution is -2.56. The highest BCUT2D eigenvalue weighted by atomic mass is 15.2. The van der Waals surface area contributed by atoms with Gasteiger partial charge in [-0.3, -0.25) is 0 Å². The lowest BCUT2D eigenvalue weighted by atomic mass is 9.85. The molecule has 2 nitrogen and oxygen atoms in total. The van der Waals surface area contributed by atoms with E-state index in [2.05, 4.69) is 51.2 Å². The minimum atomic E-state index is 0.173. The molecule has 0 saturated heterocycles. The van der Waals surface area contributed by atoms with Crippen LogP contribution in [-0.2, 0) is 0 Å². The van der Waals surface area contributed by atoms with Gasteiger partial charge in [0, 0.05) is 11.6 Å². The van der Waals surface area contributed by atoms with Crippen LogP contribution in [0, 0.1) is 0 Å². The zero-order valence-electron chi connectivity index (χ0n) is 12.3. The third-order valence-corrected chi connectivity index (χ3v) is 4.21. The first kappa shape index (κ1) is 14.7. The third kappa shape index (κ3) is 3.82. The predicted molar refractivity (Wildman–Crippen MR) is 76.4 cm³/mol. The monoisotopic (exact) mass is 238 g/mol. The van der Waals surface area contributed by atoms with Gasteiger partial charge in [0.15, 0.2) is 0 Å². The normalized spacial score (nSPS) is 20.0. The molecule has 0 amide bonds. The van der Waals surface area contributed by atoms with Crippen LogP contribution in [0.25, 0.3) is 0 Å². The van der Waals surface area contributed by atoms with Crippen LogP contribution in [-0.4, -0.2) is 37.1 Å². The smallest absolute Gasteiger partial charge is 0.0460 e. The van der Waals surface area contributed by atoms with E-state index in [-0.39, 0.29) is 5.54 Å². The van der Waals surface area contributed by atoms with Crippen LogP contribution in [0.5, 0.6) is 0 Å². The summed E-state index contributed by atoms with van der Waals surface area (Å²) in [6.45, 7) is 7.92. The lowest BCUT2D eigenvalue weighted by Gasteiger charge is -2.42. The summed E-state index contributed by atoms with van der Waals surface area (Å²) in [5.74, 6) is 0. The number of likely N-dealkylation sites (N-methyl/N-ethyl adjacent to an activating group) is 2. The summed E-state index contributed by atoms with van der Waals surface area (Å²) < 4.78 is 0. The van der Waals surface area contributed by atoms with E-state index in [1.165, 1.54) is 32.1 Å². The molecule has 1 rings (SSSR count). The van der Waals surface area contributed by atoms with Crippen LogP contribution in [0.3, 0.4) is 0 Å². The average molecular weight is 238 g/mol. The van der Waals surface area contributed by atoms with Gasteiger partial charge in [-0.05, 0) is 60.2 Å². The van der Waals surface area contributed by atoms with Crippen molar-refractivity contribution in [1.29, 1.82) is 0 Å². The van der Waals surface area contributed by atoms with Crippen LogP contribution in [0.15, 0.2) is 11.6 Å². The van der Waals surface area contributed by atoms with E-state index in [0.717, 1.165) is 6.54 Å². The van der Waals surface area contributed by atoms with Crippen LogP contribution in [0.1, 0.15) is 52.9 Å². The van der Waals surface area contributed by atoms with Gasteiger partial charge in [0.2, 0.25) is 0 Å². The maximum Gasteiger partial charge on any atom is 0.0460 e. The van der Waals surface area contributed by atoms with Gasteiger partial charge >= 0.3 is 0 Å². The first-order chi connectivity index (χ1) is 8.00. The van der Waals surface area contributed by atoms with Gasteiger partial charge in [0.1, 0.15) is 0 Å². The van der Waals surface area contributed by atoms with Crippen molar-refractivity contribution in [3.63, 3.8) is 0 Å². The Bertz CT molecular complexity index is 254. The van der Waals surface area contributed by atoms with Crippen LogP contribution in [0.4, 0.5) is 0 Å². The summed E-state index contributed by atoms with van der Waals surface area (Å²) in [5.41, 5.74) is 1.80. The second-order valence-corrected chi connectivity index (χ2v) is 5.92. The van der Waals surface area contributed by atoms with E-state index >= 15 is 0 Å². The van der Waals surface area contributed by atoms with Crippen LogP contribution < -0.4 is 5.32 Å². The molecule has 0 aromatic rings. The largest absolute Gasteiger partial charge is 0.309 e. The van der Waals surface area contributed by atoms with Crippen molar-refractivity contribution in [2.45, 2.75) is 64.5 Å². The Morgan fingerprint density at radius 2 is 2.00 bits per heavy atom. The maximum absolute atomic E-state index is 3.69. The Balaban J connectivity index is 2.87. The summed E-state index contributed by atoms with van der Waals surface area (Å²) in [6, 6.07) is 0.487. The highest BCUT2D eigenvalue weighted by Gasteiger charge is 2.33. The molecular formula is C15H30N2. The summed E-state index contributed by atoms with van der Waals surface area (Å²) in [5, 5.41) is 3.69. The van der Waals surface area contributed by atoms with E-state index in [0.29, 0.717) is 6.04 Å². The van der Waals surface area contributed by atoms with E-state index in [1.54, 1.807) is 5.57 Å². The fraction of sp³-hybridized carbons (Fsp3) is 0.867. The molecule has 0 aliphatic heterocycles. The molecule has 1 atom stereocenters. The SMILES string of the molecule is CCNC(C1=CCCCCC1)C(C)(C)N(C)C. The van der Waals surface area contributed by atoms with Gasteiger partial charge in [-0.1, -0.05) is 25.0 Å². The van der Waals surface area contributed by atoms with Gasteiger partial charge in [0.05, 0.1) is 0 Å². The van der Waals surface area contributed by atoms with Crippen molar-refractivity contribution in [3.05, 3.63) is 11.6 Å². The molecule has 0 aromatic carbocycles. The Morgan fingerprint density at radius 1 is 1.29 bits per heavy atom. The molecular weight excluding hydrogens is 208 g/mol. The Morgan fingerprint density at radius 3 is 2.59 bits per heavy atom. The standard InChI is InChI=1S/C15H30N2/c1-6-16-14(15(2,3)17(4)5)13-11-9-7-8-10-12-13/h11,14,16H,6-10,12H2,1-5H3. The van der Waals surface area contributed by atoms with E-state index in [4.69, 9.17) is 0 Å². The zero-order valence-corrected chi connectivity index (χ0v) is 12.3. The molecule has 1 aliphatic rings. The summed E-state index contributed by atoms with van der Waals surface area (Å²) >= 11 is 0. The molecule has 1 aliphatic carbocycles. The lowest BCUT2D eigenvalue weighted by molar-refractivity contribution is 0.153. The maximum atomic E-state index is 3.69. The summed E-state index contributed by atoms with van der Waals surface area (Å²) in [6.07, 6.45) is 9.14. The summed E-state index contributed by atoms with van der Waals surface area (Å²) in [4.78, 5) is 2.34. The number of rotatable bonds is 5. The van der Waals surface area contributed by atoms with Crippen molar-refractivity contribution in [2.75, 3.05) is 20.6 Å². The molecule has 0 fully saturated rings. The number of nitrogens with zero attached hydrogens (tertiary/aromatic N) is 1. The second kappa shape index (κ2) is 6.55. The fourth-order valence-electron chi connectivity index (χ4n) is 2.60. The van der Waals surface area contributed by atoms with Crippen molar-refractivity contribution < 1.29 is 0 Å². The number of nitrogens with one attached hydrogen (secondary N) is 1. The van der Waals surface area contributed by atoms with Gasteiger partial charge in [0.25, 0.3) is 0 Å². The molecule has 0 saturated carbocycles. The molecule has 1 unspecified atom stereocenters. The van der Waals surface area contributed by atoms with Gasteiger partial charge < -0.3 is 10.2 Å².